The molecule has 4 heteroatoms. The van der Waals surface area contributed by atoms with E-state index in [4.69, 9.17) is 16.3 Å². The molecule has 2 N–H and O–H groups in total. The minimum atomic E-state index is 0.0212. The summed E-state index contributed by atoms with van der Waals surface area (Å²) in [6, 6.07) is 5.54. The largest absolute Gasteiger partial charge is 0.495 e. The van der Waals surface area contributed by atoms with Crippen LogP contribution in [0.15, 0.2) is 18.2 Å². The molecule has 1 rings (SSSR count). The van der Waals surface area contributed by atoms with E-state index < -0.39 is 0 Å². The molecule has 0 aliphatic rings. The fraction of sp³-hybridized carbons (Fsp3) is 0.500. The van der Waals surface area contributed by atoms with Gasteiger partial charge in [0.25, 0.3) is 0 Å². The summed E-state index contributed by atoms with van der Waals surface area (Å²) >= 11 is 5.95. The predicted molar refractivity (Wildman–Crippen MR) is 69.6 cm³/mol. The third-order valence-electron chi connectivity index (χ3n) is 2.56. The molecule has 0 spiro atoms. The Kier molecular flexibility index (Phi) is 4.44. The molecule has 1 aromatic rings. The van der Waals surface area contributed by atoms with Gasteiger partial charge < -0.3 is 15.4 Å². The Labute approximate surface area is 102 Å². The highest BCUT2D eigenvalue weighted by Crippen LogP contribution is 2.27. The number of hydrogen-bond acceptors (Lipinski definition) is 3. The molecule has 0 amide bonds. The maximum absolute atomic E-state index is 5.95. The number of halogens is 1. The monoisotopic (exact) mass is 242 g/mol. The summed E-state index contributed by atoms with van der Waals surface area (Å²) in [6.45, 7) is 5.04. The van der Waals surface area contributed by atoms with Crippen molar-refractivity contribution in [3.8, 4) is 5.75 Å². The van der Waals surface area contributed by atoms with E-state index >= 15 is 0 Å². The van der Waals surface area contributed by atoms with Gasteiger partial charge in [0.15, 0.2) is 0 Å². The van der Waals surface area contributed by atoms with Crippen LogP contribution in [0.25, 0.3) is 0 Å². The first-order chi connectivity index (χ1) is 7.48. The van der Waals surface area contributed by atoms with E-state index in [2.05, 4.69) is 24.5 Å². The Bertz CT molecular complexity index is 353. The average molecular weight is 243 g/mol. The fourth-order valence-corrected chi connectivity index (χ4v) is 1.40. The van der Waals surface area contributed by atoms with E-state index in [1.165, 1.54) is 0 Å². The Morgan fingerprint density at radius 3 is 2.62 bits per heavy atom. The first-order valence-corrected chi connectivity index (χ1v) is 5.62. The lowest BCUT2D eigenvalue weighted by atomic mass is 10.1. The van der Waals surface area contributed by atoms with Crippen molar-refractivity contribution in [2.45, 2.75) is 19.4 Å². The summed E-state index contributed by atoms with van der Waals surface area (Å²) in [5.41, 5.74) is 0.936. The van der Waals surface area contributed by atoms with Crippen LogP contribution in [0.4, 0.5) is 5.69 Å². The zero-order valence-corrected chi connectivity index (χ0v) is 11.0. The Hall–Kier alpha value is -0.930. The van der Waals surface area contributed by atoms with Gasteiger partial charge in [0.1, 0.15) is 5.75 Å². The number of methoxy groups -OCH3 is 1. The van der Waals surface area contributed by atoms with E-state index in [1.807, 2.05) is 25.2 Å². The number of likely N-dealkylation sites (N-methyl/N-ethyl adjacent to an activating group) is 1. The summed E-state index contributed by atoms with van der Waals surface area (Å²) < 4.78 is 5.26. The average Bonchev–Trinajstić information content (AvgIpc) is 2.27. The van der Waals surface area contributed by atoms with Crippen LogP contribution in [0.5, 0.6) is 5.75 Å². The number of rotatable bonds is 5. The lowest BCUT2D eigenvalue weighted by molar-refractivity contribution is 0.414. The molecule has 0 saturated heterocycles. The van der Waals surface area contributed by atoms with Gasteiger partial charge in [0, 0.05) is 17.1 Å². The molecule has 3 nitrogen and oxygen atoms in total. The van der Waals surface area contributed by atoms with Crippen LogP contribution in [0, 0.1) is 0 Å². The van der Waals surface area contributed by atoms with Crippen molar-refractivity contribution in [1.29, 1.82) is 0 Å². The van der Waals surface area contributed by atoms with Crippen molar-refractivity contribution in [1.82, 2.24) is 5.32 Å². The summed E-state index contributed by atoms with van der Waals surface area (Å²) in [6.07, 6.45) is 0. The molecule has 0 unspecified atom stereocenters. The smallest absolute Gasteiger partial charge is 0.142 e. The molecule has 0 aromatic heterocycles. The van der Waals surface area contributed by atoms with Crippen molar-refractivity contribution in [3.05, 3.63) is 23.2 Å². The van der Waals surface area contributed by atoms with E-state index in [9.17, 15) is 0 Å². The third-order valence-corrected chi connectivity index (χ3v) is 2.79. The molecule has 0 bridgehead atoms. The van der Waals surface area contributed by atoms with Crippen molar-refractivity contribution in [3.63, 3.8) is 0 Å². The van der Waals surface area contributed by atoms with E-state index in [0.717, 1.165) is 18.0 Å². The van der Waals surface area contributed by atoms with Crippen LogP contribution in [0.1, 0.15) is 13.8 Å². The molecule has 0 atom stereocenters. The van der Waals surface area contributed by atoms with Gasteiger partial charge in [-0.3, -0.25) is 0 Å². The van der Waals surface area contributed by atoms with Crippen LogP contribution in [-0.2, 0) is 0 Å². The van der Waals surface area contributed by atoms with Gasteiger partial charge >= 0.3 is 0 Å². The highest BCUT2D eigenvalue weighted by Gasteiger charge is 2.15. The fourth-order valence-electron chi connectivity index (χ4n) is 1.22. The van der Waals surface area contributed by atoms with Gasteiger partial charge in [0.2, 0.25) is 0 Å². The topological polar surface area (TPSA) is 33.3 Å². The second-order valence-electron chi connectivity index (χ2n) is 4.33. The second kappa shape index (κ2) is 5.41. The SMILES string of the molecule is CNC(C)(C)CNc1cc(Cl)ccc1OC. The highest BCUT2D eigenvalue weighted by atomic mass is 35.5. The predicted octanol–water partition coefficient (Wildman–Crippen LogP) is 2.76. The van der Waals surface area contributed by atoms with E-state index in [-0.39, 0.29) is 5.54 Å². The summed E-state index contributed by atoms with van der Waals surface area (Å²) in [4.78, 5) is 0. The summed E-state index contributed by atoms with van der Waals surface area (Å²) in [5, 5.41) is 7.25. The quantitative estimate of drug-likeness (QED) is 0.833. The first kappa shape index (κ1) is 13.1. The van der Waals surface area contributed by atoms with Gasteiger partial charge in [-0.2, -0.15) is 0 Å². The van der Waals surface area contributed by atoms with Crippen LogP contribution >= 0.6 is 11.6 Å². The molecule has 0 radical (unpaired) electrons. The van der Waals surface area contributed by atoms with Crippen molar-refractivity contribution in [2.75, 3.05) is 26.0 Å². The Morgan fingerprint density at radius 1 is 1.38 bits per heavy atom. The van der Waals surface area contributed by atoms with Gasteiger partial charge in [-0.25, -0.2) is 0 Å². The summed E-state index contributed by atoms with van der Waals surface area (Å²) in [7, 11) is 3.59. The van der Waals surface area contributed by atoms with Crippen LogP contribution in [-0.4, -0.2) is 26.2 Å². The third kappa shape index (κ3) is 3.58. The van der Waals surface area contributed by atoms with Crippen LogP contribution in [0.3, 0.4) is 0 Å². The summed E-state index contributed by atoms with van der Waals surface area (Å²) in [5.74, 6) is 0.802. The molecule has 0 heterocycles. The lowest BCUT2D eigenvalue weighted by Gasteiger charge is -2.25. The van der Waals surface area contributed by atoms with Crippen molar-refractivity contribution >= 4 is 17.3 Å². The standard InChI is InChI=1S/C12H19ClN2O/c1-12(2,14-3)8-15-10-7-9(13)5-6-11(10)16-4/h5-7,14-15H,8H2,1-4H3. The molecule has 90 valence electrons. The Balaban J connectivity index is 2.76. The van der Waals surface area contributed by atoms with Gasteiger partial charge in [-0.1, -0.05) is 11.6 Å². The van der Waals surface area contributed by atoms with Crippen LogP contribution in [0.2, 0.25) is 5.02 Å². The maximum atomic E-state index is 5.95. The number of benzene rings is 1. The zero-order valence-electron chi connectivity index (χ0n) is 10.2. The Morgan fingerprint density at radius 2 is 2.06 bits per heavy atom. The minimum Gasteiger partial charge on any atom is -0.495 e. The molecule has 16 heavy (non-hydrogen) atoms. The number of ether oxygens (including phenoxy) is 1. The number of nitrogens with one attached hydrogen (secondary N) is 2. The highest BCUT2D eigenvalue weighted by molar-refractivity contribution is 6.30. The molecule has 0 aliphatic heterocycles. The zero-order chi connectivity index (χ0) is 12.2. The van der Waals surface area contributed by atoms with Gasteiger partial charge in [-0.05, 0) is 39.1 Å². The number of hydrogen-bond donors (Lipinski definition) is 2. The van der Waals surface area contributed by atoms with Crippen molar-refractivity contribution in [2.24, 2.45) is 0 Å². The van der Waals surface area contributed by atoms with Crippen LogP contribution < -0.4 is 15.4 Å². The molecule has 0 aliphatic carbocycles. The van der Waals surface area contributed by atoms with Gasteiger partial charge in [0.05, 0.1) is 12.8 Å². The minimum absolute atomic E-state index is 0.0212. The normalized spacial score (nSPS) is 11.3. The molecule has 0 fully saturated rings. The second-order valence-corrected chi connectivity index (χ2v) is 4.77. The molecule has 0 saturated carbocycles. The molecular weight excluding hydrogens is 224 g/mol. The van der Waals surface area contributed by atoms with E-state index in [1.54, 1.807) is 7.11 Å². The number of anilines is 1. The maximum Gasteiger partial charge on any atom is 0.142 e. The molecule has 1 aromatic carbocycles. The lowest BCUT2D eigenvalue weighted by Crippen LogP contribution is -2.42. The van der Waals surface area contributed by atoms with Gasteiger partial charge in [-0.15, -0.1) is 0 Å². The van der Waals surface area contributed by atoms with Crippen molar-refractivity contribution < 1.29 is 4.74 Å². The molecular formula is C12H19ClN2O. The first-order valence-electron chi connectivity index (χ1n) is 5.25. The van der Waals surface area contributed by atoms with E-state index in [0.29, 0.717) is 5.02 Å².